The Morgan fingerprint density at radius 3 is 2.93 bits per heavy atom. The zero-order chi connectivity index (χ0) is 9.97. The lowest BCUT2D eigenvalue weighted by Crippen LogP contribution is -2.20. The monoisotopic (exact) mass is 188 g/mol. The number of carbonyl (C=O) groups excluding carboxylic acids is 1. The maximum atomic E-state index is 11.7. The van der Waals surface area contributed by atoms with Crippen LogP contribution in [0.15, 0.2) is 36.5 Å². The minimum Gasteiger partial charge on any atom is -0.314 e. The van der Waals surface area contributed by atoms with E-state index in [0.29, 0.717) is 6.54 Å². The Balaban J connectivity index is 2.50. The number of fused-ring (bicyclic) bond motifs is 1. The summed E-state index contributed by atoms with van der Waals surface area (Å²) in [5.74, 6) is 0.106. The number of hydrogen-bond acceptors (Lipinski definition) is 2. The summed E-state index contributed by atoms with van der Waals surface area (Å²) in [6.07, 6.45) is 1.90. The van der Waals surface area contributed by atoms with Crippen LogP contribution < -0.4 is 5.32 Å². The Bertz CT molecular complexity index is 459. The molecule has 3 nitrogen and oxygen atoms in total. The van der Waals surface area contributed by atoms with Crippen molar-refractivity contribution in [1.29, 1.82) is 0 Å². The van der Waals surface area contributed by atoms with Crippen molar-refractivity contribution in [3.63, 3.8) is 0 Å². The van der Waals surface area contributed by atoms with Gasteiger partial charge in [0.25, 0.3) is 0 Å². The minimum atomic E-state index is 0.106. The molecule has 1 N–H and O–H groups in total. The highest BCUT2D eigenvalue weighted by atomic mass is 16.1. The lowest BCUT2D eigenvalue weighted by molar-refractivity contribution is 0.0987. The van der Waals surface area contributed by atoms with Gasteiger partial charge in [0.2, 0.25) is 0 Å². The number of carbonyl (C=O) groups is 1. The minimum absolute atomic E-state index is 0.106. The van der Waals surface area contributed by atoms with Crippen molar-refractivity contribution in [2.75, 3.05) is 13.6 Å². The fourth-order valence-electron chi connectivity index (χ4n) is 1.55. The van der Waals surface area contributed by atoms with Gasteiger partial charge in [-0.3, -0.25) is 4.79 Å². The van der Waals surface area contributed by atoms with E-state index in [9.17, 15) is 4.79 Å². The van der Waals surface area contributed by atoms with E-state index in [1.165, 1.54) is 0 Å². The van der Waals surface area contributed by atoms with E-state index in [1.54, 1.807) is 7.05 Å². The van der Waals surface area contributed by atoms with E-state index in [1.807, 2.05) is 40.9 Å². The number of rotatable bonds is 3. The second-order valence-corrected chi connectivity index (χ2v) is 3.17. The summed E-state index contributed by atoms with van der Waals surface area (Å²) in [6.45, 7) is 0.372. The Hall–Kier alpha value is -1.61. The molecule has 0 aliphatic carbocycles. The van der Waals surface area contributed by atoms with Crippen LogP contribution in [-0.2, 0) is 0 Å². The van der Waals surface area contributed by atoms with Crippen molar-refractivity contribution in [3.8, 4) is 0 Å². The molecule has 0 atom stereocenters. The molecule has 0 radical (unpaired) electrons. The number of nitrogens with one attached hydrogen (secondary N) is 1. The third-order valence-electron chi connectivity index (χ3n) is 2.18. The molecule has 2 heterocycles. The number of Topliss-reactive ketones (excluding diaryl/α,β-unsaturated/α-hetero) is 1. The first-order chi connectivity index (χ1) is 6.83. The van der Waals surface area contributed by atoms with Crippen LogP contribution in [0.1, 0.15) is 10.5 Å². The normalized spacial score (nSPS) is 10.6. The maximum Gasteiger partial charge on any atom is 0.193 e. The SMILES string of the molecule is CNCC(=O)c1cccc2cccn12. The van der Waals surface area contributed by atoms with Gasteiger partial charge in [-0.15, -0.1) is 0 Å². The third kappa shape index (κ3) is 1.42. The molecule has 0 saturated heterocycles. The Labute approximate surface area is 82.4 Å². The molecule has 72 valence electrons. The fraction of sp³-hybridized carbons (Fsp3) is 0.182. The van der Waals surface area contributed by atoms with Crippen molar-refractivity contribution in [2.45, 2.75) is 0 Å². The van der Waals surface area contributed by atoms with Gasteiger partial charge in [-0.2, -0.15) is 0 Å². The molecule has 0 spiro atoms. The largest absolute Gasteiger partial charge is 0.314 e. The molecule has 2 rings (SSSR count). The first-order valence-corrected chi connectivity index (χ1v) is 4.57. The molecule has 0 saturated carbocycles. The molecule has 0 bridgehead atoms. The van der Waals surface area contributed by atoms with E-state index in [4.69, 9.17) is 0 Å². The lowest BCUT2D eigenvalue weighted by Gasteiger charge is -2.04. The van der Waals surface area contributed by atoms with Gasteiger partial charge < -0.3 is 9.72 Å². The van der Waals surface area contributed by atoms with Crippen LogP contribution >= 0.6 is 0 Å². The fourth-order valence-corrected chi connectivity index (χ4v) is 1.55. The molecule has 2 aromatic heterocycles. The number of pyridine rings is 1. The molecule has 14 heavy (non-hydrogen) atoms. The Morgan fingerprint density at radius 1 is 1.36 bits per heavy atom. The molecule has 0 fully saturated rings. The number of nitrogens with zero attached hydrogens (tertiary/aromatic N) is 1. The molecular formula is C11H12N2O. The van der Waals surface area contributed by atoms with Crippen molar-refractivity contribution in [3.05, 3.63) is 42.2 Å². The lowest BCUT2D eigenvalue weighted by atomic mass is 10.2. The molecular weight excluding hydrogens is 176 g/mol. The van der Waals surface area contributed by atoms with Crippen molar-refractivity contribution in [1.82, 2.24) is 9.72 Å². The van der Waals surface area contributed by atoms with Crippen LogP contribution in [0, 0.1) is 0 Å². The van der Waals surface area contributed by atoms with Gasteiger partial charge in [-0.25, -0.2) is 0 Å². The zero-order valence-electron chi connectivity index (χ0n) is 8.03. The molecule has 0 unspecified atom stereocenters. The van der Waals surface area contributed by atoms with Gasteiger partial charge in [0, 0.05) is 11.7 Å². The third-order valence-corrected chi connectivity index (χ3v) is 2.18. The van der Waals surface area contributed by atoms with Crippen LogP contribution in [0.3, 0.4) is 0 Å². The topological polar surface area (TPSA) is 33.5 Å². The summed E-state index contributed by atoms with van der Waals surface area (Å²) in [4.78, 5) is 11.7. The Morgan fingerprint density at radius 2 is 2.14 bits per heavy atom. The Kier molecular flexibility index (Phi) is 2.33. The zero-order valence-corrected chi connectivity index (χ0v) is 8.03. The average molecular weight is 188 g/mol. The number of ketones is 1. The van der Waals surface area contributed by atoms with Crippen LogP contribution in [0.5, 0.6) is 0 Å². The number of hydrogen-bond donors (Lipinski definition) is 1. The predicted molar refractivity (Wildman–Crippen MR) is 55.7 cm³/mol. The van der Waals surface area contributed by atoms with Gasteiger partial charge in [-0.05, 0) is 31.3 Å². The summed E-state index contributed by atoms with van der Waals surface area (Å²) < 4.78 is 1.90. The van der Waals surface area contributed by atoms with Crippen LogP contribution in [-0.4, -0.2) is 23.8 Å². The number of likely N-dealkylation sites (N-methyl/N-ethyl adjacent to an activating group) is 1. The highest BCUT2D eigenvalue weighted by molar-refractivity contribution is 5.96. The summed E-state index contributed by atoms with van der Waals surface area (Å²) in [7, 11) is 1.77. The summed E-state index contributed by atoms with van der Waals surface area (Å²) >= 11 is 0. The van der Waals surface area contributed by atoms with Gasteiger partial charge in [-0.1, -0.05) is 6.07 Å². The summed E-state index contributed by atoms with van der Waals surface area (Å²) in [6, 6.07) is 9.64. The molecule has 0 aliphatic rings. The van der Waals surface area contributed by atoms with Crippen molar-refractivity contribution >= 4 is 11.3 Å². The molecule has 2 aromatic rings. The first kappa shape index (κ1) is 8.97. The summed E-state index contributed by atoms with van der Waals surface area (Å²) in [5.41, 5.74) is 1.77. The van der Waals surface area contributed by atoms with Gasteiger partial charge >= 0.3 is 0 Å². The smallest absolute Gasteiger partial charge is 0.193 e. The van der Waals surface area contributed by atoms with Gasteiger partial charge in [0.1, 0.15) is 0 Å². The molecule has 3 heteroatoms. The average Bonchev–Trinajstić information content (AvgIpc) is 2.65. The van der Waals surface area contributed by atoms with Gasteiger partial charge in [0.05, 0.1) is 12.2 Å². The van der Waals surface area contributed by atoms with E-state index < -0.39 is 0 Å². The van der Waals surface area contributed by atoms with Crippen LogP contribution in [0.4, 0.5) is 0 Å². The first-order valence-electron chi connectivity index (χ1n) is 4.57. The second-order valence-electron chi connectivity index (χ2n) is 3.17. The molecule has 0 aromatic carbocycles. The quantitative estimate of drug-likeness (QED) is 0.737. The highest BCUT2D eigenvalue weighted by Crippen LogP contribution is 2.08. The summed E-state index contributed by atoms with van der Waals surface area (Å²) in [5, 5.41) is 2.86. The van der Waals surface area contributed by atoms with E-state index in [2.05, 4.69) is 5.32 Å². The predicted octanol–water partition coefficient (Wildman–Crippen LogP) is 1.34. The molecule has 0 amide bonds. The second kappa shape index (κ2) is 3.64. The molecule has 0 aliphatic heterocycles. The standard InChI is InChI=1S/C11H12N2O/c1-12-8-11(14)10-6-2-4-9-5-3-7-13(9)10/h2-7,12H,8H2,1H3. The van der Waals surface area contributed by atoms with E-state index >= 15 is 0 Å². The van der Waals surface area contributed by atoms with E-state index in [0.717, 1.165) is 11.2 Å². The van der Waals surface area contributed by atoms with Crippen molar-refractivity contribution in [2.24, 2.45) is 0 Å². The maximum absolute atomic E-state index is 11.7. The van der Waals surface area contributed by atoms with Gasteiger partial charge in [0.15, 0.2) is 5.78 Å². The van der Waals surface area contributed by atoms with Crippen LogP contribution in [0.2, 0.25) is 0 Å². The van der Waals surface area contributed by atoms with Crippen LogP contribution in [0.25, 0.3) is 5.52 Å². The highest BCUT2D eigenvalue weighted by Gasteiger charge is 2.07. The number of aromatic nitrogens is 1. The van der Waals surface area contributed by atoms with Crippen molar-refractivity contribution < 1.29 is 4.79 Å². The van der Waals surface area contributed by atoms with E-state index in [-0.39, 0.29) is 5.78 Å².